The Kier molecular flexibility index (Phi) is 6.22. The third kappa shape index (κ3) is 5.72. The number of halogens is 2. The van der Waals surface area contributed by atoms with Gasteiger partial charge < -0.3 is 15.8 Å². The van der Waals surface area contributed by atoms with Gasteiger partial charge >= 0.3 is 0 Å². The third-order valence-corrected chi connectivity index (χ3v) is 3.14. The SMILES string of the molecule is NC(=O)CCOc1ccc(NC(=O)/C=C/c2c(F)cccc2F)cc1. The van der Waals surface area contributed by atoms with Crippen molar-refractivity contribution in [2.75, 3.05) is 11.9 Å². The van der Waals surface area contributed by atoms with Crippen molar-refractivity contribution in [1.82, 2.24) is 0 Å². The van der Waals surface area contributed by atoms with Gasteiger partial charge in [-0.3, -0.25) is 9.59 Å². The molecule has 0 radical (unpaired) electrons. The maximum Gasteiger partial charge on any atom is 0.248 e. The maximum absolute atomic E-state index is 13.5. The highest BCUT2D eigenvalue weighted by atomic mass is 19.1. The molecule has 0 saturated heterocycles. The topological polar surface area (TPSA) is 81.4 Å². The molecule has 0 spiro atoms. The van der Waals surface area contributed by atoms with Gasteiger partial charge in [0.1, 0.15) is 17.4 Å². The third-order valence-electron chi connectivity index (χ3n) is 3.14. The average molecular weight is 346 g/mol. The molecule has 0 aromatic heterocycles. The van der Waals surface area contributed by atoms with Crippen molar-refractivity contribution in [1.29, 1.82) is 0 Å². The second-order valence-electron chi connectivity index (χ2n) is 5.05. The summed E-state index contributed by atoms with van der Waals surface area (Å²) >= 11 is 0. The van der Waals surface area contributed by atoms with Crippen molar-refractivity contribution < 1.29 is 23.1 Å². The molecule has 2 amide bonds. The van der Waals surface area contributed by atoms with Gasteiger partial charge in [0.05, 0.1) is 13.0 Å². The van der Waals surface area contributed by atoms with Gasteiger partial charge in [-0.1, -0.05) is 6.07 Å². The number of hydrogen-bond acceptors (Lipinski definition) is 3. The van der Waals surface area contributed by atoms with Crippen molar-refractivity contribution in [3.8, 4) is 5.75 Å². The molecule has 2 rings (SSSR count). The van der Waals surface area contributed by atoms with Crippen molar-refractivity contribution in [2.45, 2.75) is 6.42 Å². The minimum Gasteiger partial charge on any atom is -0.493 e. The lowest BCUT2D eigenvalue weighted by molar-refractivity contribution is -0.118. The molecule has 0 fully saturated rings. The van der Waals surface area contributed by atoms with E-state index in [0.717, 1.165) is 24.3 Å². The van der Waals surface area contributed by atoms with Crippen molar-refractivity contribution in [3.05, 3.63) is 65.7 Å². The predicted molar refractivity (Wildman–Crippen MR) is 89.8 cm³/mol. The summed E-state index contributed by atoms with van der Waals surface area (Å²) in [5.74, 6) is -1.97. The van der Waals surface area contributed by atoms with Crippen LogP contribution in [0.3, 0.4) is 0 Å². The lowest BCUT2D eigenvalue weighted by Gasteiger charge is -2.06. The van der Waals surface area contributed by atoms with Crippen molar-refractivity contribution in [2.24, 2.45) is 5.73 Å². The van der Waals surface area contributed by atoms with E-state index in [-0.39, 0.29) is 18.6 Å². The molecule has 130 valence electrons. The molecular formula is C18H16F2N2O3. The number of rotatable bonds is 7. The van der Waals surface area contributed by atoms with Crippen LogP contribution in [0.15, 0.2) is 48.5 Å². The first-order chi connectivity index (χ1) is 12.0. The Balaban J connectivity index is 1.92. The summed E-state index contributed by atoms with van der Waals surface area (Å²) in [6, 6.07) is 9.86. The number of nitrogens with two attached hydrogens (primary N) is 1. The number of hydrogen-bond donors (Lipinski definition) is 2. The standard InChI is InChI=1S/C18H16F2N2O3/c19-15-2-1-3-16(20)14(15)8-9-18(24)22-12-4-6-13(7-5-12)25-11-10-17(21)23/h1-9H,10-11H2,(H2,21,23)(H,22,24)/b9-8+. The average Bonchev–Trinajstić information content (AvgIpc) is 2.56. The van der Waals surface area contributed by atoms with Crippen LogP contribution in [0.5, 0.6) is 5.75 Å². The number of benzene rings is 2. The molecule has 0 bridgehead atoms. The first kappa shape index (κ1) is 18.1. The van der Waals surface area contributed by atoms with Crippen LogP contribution in [-0.4, -0.2) is 18.4 Å². The van der Waals surface area contributed by atoms with E-state index in [4.69, 9.17) is 10.5 Å². The summed E-state index contributed by atoms with van der Waals surface area (Å²) in [5.41, 5.74) is 5.20. The van der Waals surface area contributed by atoms with Crippen LogP contribution in [0, 0.1) is 11.6 Å². The molecule has 7 heteroatoms. The summed E-state index contributed by atoms with van der Waals surface area (Å²) in [6.45, 7) is 0.165. The van der Waals surface area contributed by atoms with Gasteiger partial charge in [-0.2, -0.15) is 0 Å². The molecule has 0 saturated carbocycles. The summed E-state index contributed by atoms with van der Waals surface area (Å²) in [6.07, 6.45) is 2.22. The van der Waals surface area contributed by atoms with Crippen LogP contribution >= 0.6 is 0 Å². The summed E-state index contributed by atoms with van der Waals surface area (Å²) in [4.78, 5) is 22.4. The fourth-order valence-corrected chi connectivity index (χ4v) is 1.92. The first-order valence-electron chi connectivity index (χ1n) is 7.40. The molecule has 0 aliphatic heterocycles. The Labute approximate surface area is 143 Å². The van der Waals surface area contributed by atoms with Crippen LogP contribution < -0.4 is 15.8 Å². The number of primary amides is 1. The Morgan fingerprint density at radius 2 is 1.72 bits per heavy atom. The highest BCUT2D eigenvalue weighted by Gasteiger charge is 2.05. The summed E-state index contributed by atoms with van der Waals surface area (Å²) in [7, 11) is 0. The van der Waals surface area contributed by atoms with E-state index in [1.807, 2.05) is 0 Å². The molecule has 5 nitrogen and oxygen atoms in total. The molecule has 3 N–H and O–H groups in total. The summed E-state index contributed by atoms with van der Waals surface area (Å²) in [5, 5.41) is 2.55. The number of anilines is 1. The zero-order valence-corrected chi connectivity index (χ0v) is 13.2. The fourth-order valence-electron chi connectivity index (χ4n) is 1.92. The van der Waals surface area contributed by atoms with Gasteiger partial charge in [-0.15, -0.1) is 0 Å². The number of carbonyl (C=O) groups excluding carboxylic acids is 2. The van der Waals surface area contributed by atoms with Gasteiger partial charge in [0, 0.05) is 17.3 Å². The highest BCUT2D eigenvalue weighted by molar-refractivity contribution is 6.01. The van der Waals surface area contributed by atoms with Crippen LogP contribution in [0.4, 0.5) is 14.5 Å². The van der Waals surface area contributed by atoms with E-state index < -0.39 is 23.4 Å². The van der Waals surface area contributed by atoms with Crippen LogP contribution in [0.25, 0.3) is 6.08 Å². The minimum absolute atomic E-state index is 0.107. The van der Waals surface area contributed by atoms with Crippen LogP contribution in [0.1, 0.15) is 12.0 Å². The number of carbonyl (C=O) groups is 2. The van der Waals surface area contributed by atoms with E-state index in [1.54, 1.807) is 24.3 Å². The smallest absolute Gasteiger partial charge is 0.248 e. The Morgan fingerprint density at radius 1 is 1.08 bits per heavy atom. The molecule has 25 heavy (non-hydrogen) atoms. The fraction of sp³-hybridized carbons (Fsp3) is 0.111. The van der Waals surface area contributed by atoms with Crippen molar-refractivity contribution in [3.63, 3.8) is 0 Å². The first-order valence-corrected chi connectivity index (χ1v) is 7.40. The predicted octanol–water partition coefficient (Wildman–Crippen LogP) is 2.87. The van der Waals surface area contributed by atoms with Crippen molar-refractivity contribution >= 4 is 23.6 Å². The molecule has 0 unspecified atom stereocenters. The molecule has 2 aromatic carbocycles. The van der Waals surface area contributed by atoms with E-state index in [1.165, 1.54) is 6.07 Å². The van der Waals surface area contributed by atoms with Crippen LogP contribution in [0.2, 0.25) is 0 Å². The second kappa shape index (κ2) is 8.58. The summed E-state index contributed by atoms with van der Waals surface area (Å²) < 4.78 is 32.2. The lowest BCUT2D eigenvalue weighted by atomic mass is 10.2. The van der Waals surface area contributed by atoms with E-state index in [2.05, 4.69) is 5.32 Å². The molecule has 0 aliphatic carbocycles. The normalized spacial score (nSPS) is 10.6. The number of amides is 2. The van der Waals surface area contributed by atoms with E-state index in [0.29, 0.717) is 11.4 Å². The molecule has 0 aliphatic rings. The van der Waals surface area contributed by atoms with E-state index >= 15 is 0 Å². The zero-order valence-electron chi connectivity index (χ0n) is 13.2. The molecular weight excluding hydrogens is 330 g/mol. The molecule has 0 heterocycles. The van der Waals surface area contributed by atoms with E-state index in [9.17, 15) is 18.4 Å². The number of nitrogens with one attached hydrogen (secondary N) is 1. The second-order valence-corrected chi connectivity index (χ2v) is 5.05. The maximum atomic E-state index is 13.5. The largest absolute Gasteiger partial charge is 0.493 e. The Bertz CT molecular complexity index is 769. The Morgan fingerprint density at radius 3 is 2.32 bits per heavy atom. The van der Waals surface area contributed by atoms with Gasteiger partial charge in [0.15, 0.2) is 0 Å². The highest BCUT2D eigenvalue weighted by Crippen LogP contribution is 2.17. The quantitative estimate of drug-likeness (QED) is 0.757. The van der Waals surface area contributed by atoms with Gasteiger partial charge in [-0.05, 0) is 42.5 Å². The van der Waals surface area contributed by atoms with Gasteiger partial charge in [-0.25, -0.2) is 8.78 Å². The lowest BCUT2D eigenvalue weighted by Crippen LogP contribution is -2.14. The van der Waals surface area contributed by atoms with Gasteiger partial charge in [0.25, 0.3) is 0 Å². The minimum atomic E-state index is -0.749. The zero-order chi connectivity index (χ0) is 18.2. The monoisotopic (exact) mass is 346 g/mol. The Hall–Kier alpha value is -3.22. The molecule has 2 aromatic rings. The number of ether oxygens (including phenoxy) is 1. The van der Waals surface area contributed by atoms with Crippen LogP contribution in [-0.2, 0) is 9.59 Å². The molecule has 0 atom stereocenters. The van der Waals surface area contributed by atoms with Gasteiger partial charge in [0.2, 0.25) is 11.8 Å².